The number of aliphatic hydroxyl groups is 1. The maximum absolute atomic E-state index is 12.4. The third kappa shape index (κ3) is 3.59. The maximum atomic E-state index is 12.4. The zero-order valence-corrected chi connectivity index (χ0v) is 9.49. The lowest BCUT2D eigenvalue weighted by atomic mass is 10.0. The number of carbonyl (C=O) groups excluding carboxylic acids is 1. The van der Waals surface area contributed by atoms with E-state index in [-0.39, 0.29) is 5.56 Å². The van der Waals surface area contributed by atoms with Crippen molar-refractivity contribution < 1.29 is 27.8 Å². The molecular formula is C12H11F3O3. The van der Waals surface area contributed by atoms with Crippen LogP contribution in [0.4, 0.5) is 13.2 Å². The fourth-order valence-corrected chi connectivity index (χ4v) is 1.31. The summed E-state index contributed by atoms with van der Waals surface area (Å²) in [6.45, 7) is -0.551. The topological polar surface area (TPSA) is 46.5 Å². The molecule has 98 valence electrons. The summed E-state index contributed by atoms with van der Waals surface area (Å²) in [7, 11) is 1.19. The van der Waals surface area contributed by atoms with E-state index in [4.69, 9.17) is 5.11 Å². The molecule has 0 aliphatic heterocycles. The average molecular weight is 260 g/mol. The van der Waals surface area contributed by atoms with Gasteiger partial charge >= 0.3 is 12.1 Å². The molecule has 1 aromatic carbocycles. The number of ether oxygens (including phenoxy) is 1. The van der Waals surface area contributed by atoms with Crippen molar-refractivity contribution in [3.8, 4) is 0 Å². The Bertz CT molecular complexity index is 464. The van der Waals surface area contributed by atoms with Crippen molar-refractivity contribution in [1.29, 1.82) is 0 Å². The number of carbonyl (C=O) groups is 1. The van der Waals surface area contributed by atoms with Crippen LogP contribution in [0.3, 0.4) is 0 Å². The van der Waals surface area contributed by atoms with Crippen LogP contribution in [0.1, 0.15) is 16.7 Å². The van der Waals surface area contributed by atoms with Crippen LogP contribution in [0.25, 0.3) is 6.08 Å². The van der Waals surface area contributed by atoms with Gasteiger partial charge in [0, 0.05) is 6.08 Å². The number of esters is 1. The summed E-state index contributed by atoms with van der Waals surface area (Å²) >= 11 is 0. The second kappa shape index (κ2) is 5.68. The highest BCUT2D eigenvalue weighted by Gasteiger charge is 2.30. The molecule has 3 nitrogen and oxygen atoms in total. The molecule has 1 N–H and O–H groups in total. The molecule has 0 bridgehead atoms. The van der Waals surface area contributed by atoms with Gasteiger partial charge in [0.25, 0.3) is 0 Å². The molecule has 0 aliphatic carbocycles. The zero-order valence-electron chi connectivity index (χ0n) is 9.49. The molecule has 0 saturated carbocycles. The Labute approximate surface area is 101 Å². The number of hydrogen-bond donors (Lipinski definition) is 1. The van der Waals surface area contributed by atoms with Gasteiger partial charge in [-0.15, -0.1) is 0 Å². The van der Waals surface area contributed by atoms with Gasteiger partial charge in [-0.25, -0.2) is 4.79 Å². The monoisotopic (exact) mass is 260 g/mol. The van der Waals surface area contributed by atoms with Crippen molar-refractivity contribution >= 4 is 12.0 Å². The first-order valence-corrected chi connectivity index (χ1v) is 4.95. The van der Waals surface area contributed by atoms with Gasteiger partial charge < -0.3 is 9.84 Å². The van der Waals surface area contributed by atoms with Crippen LogP contribution in [-0.2, 0) is 22.3 Å². The summed E-state index contributed by atoms with van der Waals surface area (Å²) in [5.74, 6) is -0.626. The van der Waals surface area contributed by atoms with Crippen LogP contribution in [0, 0.1) is 0 Å². The fourth-order valence-electron chi connectivity index (χ4n) is 1.31. The number of rotatable bonds is 3. The molecule has 1 aromatic rings. The average Bonchev–Trinajstić information content (AvgIpc) is 2.34. The summed E-state index contributed by atoms with van der Waals surface area (Å²) in [5.41, 5.74) is -0.428. The highest BCUT2D eigenvalue weighted by Crippen LogP contribution is 2.30. The fraction of sp³-hybridized carbons (Fsp3) is 0.250. The van der Waals surface area contributed by atoms with Gasteiger partial charge in [0.1, 0.15) is 0 Å². The number of aliphatic hydroxyl groups excluding tert-OH is 1. The molecule has 0 saturated heterocycles. The Morgan fingerprint density at radius 1 is 1.44 bits per heavy atom. The van der Waals surface area contributed by atoms with Crippen molar-refractivity contribution in [2.75, 3.05) is 7.11 Å². The second-order valence-electron chi connectivity index (χ2n) is 3.43. The van der Waals surface area contributed by atoms with Crippen molar-refractivity contribution in [3.63, 3.8) is 0 Å². The largest absolute Gasteiger partial charge is 0.466 e. The lowest BCUT2D eigenvalue weighted by Crippen LogP contribution is -2.06. The third-order valence-electron chi connectivity index (χ3n) is 2.24. The van der Waals surface area contributed by atoms with Crippen LogP contribution in [0.5, 0.6) is 0 Å². The van der Waals surface area contributed by atoms with E-state index in [2.05, 4.69) is 4.74 Å². The Morgan fingerprint density at radius 3 is 2.61 bits per heavy atom. The highest BCUT2D eigenvalue weighted by atomic mass is 19.4. The lowest BCUT2D eigenvalue weighted by molar-refractivity contribution is -0.137. The maximum Gasteiger partial charge on any atom is 0.416 e. The summed E-state index contributed by atoms with van der Waals surface area (Å²) in [6, 6.07) is 2.92. The molecule has 0 aromatic heterocycles. The first kappa shape index (κ1) is 14.2. The van der Waals surface area contributed by atoms with E-state index in [1.54, 1.807) is 0 Å². The van der Waals surface area contributed by atoms with Crippen molar-refractivity contribution in [3.05, 3.63) is 41.0 Å². The van der Waals surface area contributed by atoms with Gasteiger partial charge in [0.15, 0.2) is 0 Å². The van der Waals surface area contributed by atoms with E-state index < -0.39 is 24.3 Å². The molecule has 18 heavy (non-hydrogen) atoms. The van der Waals surface area contributed by atoms with E-state index in [1.807, 2.05) is 0 Å². The predicted octanol–water partition coefficient (Wildman–Crippen LogP) is 2.38. The Kier molecular flexibility index (Phi) is 4.49. The zero-order chi connectivity index (χ0) is 13.8. The Hall–Kier alpha value is -1.82. The Morgan fingerprint density at radius 2 is 2.11 bits per heavy atom. The van der Waals surface area contributed by atoms with Crippen LogP contribution < -0.4 is 0 Å². The predicted molar refractivity (Wildman–Crippen MR) is 58.4 cm³/mol. The quantitative estimate of drug-likeness (QED) is 0.670. The van der Waals surface area contributed by atoms with E-state index in [1.165, 1.54) is 19.3 Å². The molecule has 6 heteroatoms. The van der Waals surface area contributed by atoms with Crippen LogP contribution >= 0.6 is 0 Å². The van der Waals surface area contributed by atoms with Crippen LogP contribution in [0.15, 0.2) is 24.3 Å². The minimum Gasteiger partial charge on any atom is -0.466 e. The van der Waals surface area contributed by atoms with Gasteiger partial charge in [-0.1, -0.05) is 6.07 Å². The summed E-state index contributed by atoms with van der Waals surface area (Å²) in [5, 5.41) is 9.01. The van der Waals surface area contributed by atoms with Crippen LogP contribution in [0.2, 0.25) is 0 Å². The smallest absolute Gasteiger partial charge is 0.416 e. The number of methoxy groups -OCH3 is 1. The minimum atomic E-state index is -4.46. The van der Waals surface area contributed by atoms with Gasteiger partial charge in [-0.3, -0.25) is 0 Å². The second-order valence-corrected chi connectivity index (χ2v) is 3.43. The number of halogens is 3. The molecular weight excluding hydrogens is 249 g/mol. The standard InChI is InChI=1S/C12H11F3O3/c1-18-11(17)5-3-8-2-4-10(12(13,14)15)6-9(8)7-16/h2-6,16H,7H2,1H3. The van der Waals surface area contributed by atoms with E-state index >= 15 is 0 Å². The molecule has 0 atom stereocenters. The highest BCUT2D eigenvalue weighted by molar-refractivity contribution is 5.87. The Balaban J connectivity index is 3.08. The SMILES string of the molecule is COC(=O)C=Cc1ccc(C(F)(F)F)cc1CO. The minimum absolute atomic E-state index is 0.0879. The van der Waals surface area contributed by atoms with Gasteiger partial charge in [-0.2, -0.15) is 13.2 Å². The molecule has 0 spiro atoms. The molecule has 0 radical (unpaired) electrons. The van der Waals surface area contributed by atoms with E-state index in [0.717, 1.165) is 18.2 Å². The van der Waals surface area contributed by atoms with E-state index in [0.29, 0.717) is 5.56 Å². The summed E-state index contributed by atoms with van der Waals surface area (Å²) in [6.07, 6.45) is -2.10. The number of hydrogen-bond acceptors (Lipinski definition) is 3. The normalized spacial score (nSPS) is 11.8. The summed E-state index contributed by atoms with van der Waals surface area (Å²) < 4.78 is 41.6. The van der Waals surface area contributed by atoms with Crippen molar-refractivity contribution in [2.45, 2.75) is 12.8 Å². The molecule has 0 amide bonds. The van der Waals surface area contributed by atoms with E-state index in [9.17, 15) is 18.0 Å². The first-order chi connectivity index (χ1) is 8.38. The van der Waals surface area contributed by atoms with Gasteiger partial charge in [0.05, 0.1) is 19.3 Å². The summed E-state index contributed by atoms with van der Waals surface area (Å²) in [4.78, 5) is 10.9. The third-order valence-corrected chi connectivity index (χ3v) is 2.24. The van der Waals surface area contributed by atoms with Gasteiger partial charge in [0.2, 0.25) is 0 Å². The van der Waals surface area contributed by atoms with Crippen molar-refractivity contribution in [2.24, 2.45) is 0 Å². The van der Waals surface area contributed by atoms with Gasteiger partial charge in [-0.05, 0) is 29.3 Å². The number of benzene rings is 1. The first-order valence-electron chi connectivity index (χ1n) is 4.95. The van der Waals surface area contributed by atoms with Crippen LogP contribution in [-0.4, -0.2) is 18.2 Å². The molecule has 1 rings (SSSR count). The molecule has 0 aliphatic rings. The molecule has 0 unspecified atom stereocenters. The molecule has 0 heterocycles. The number of alkyl halides is 3. The molecule has 0 fully saturated rings. The van der Waals surface area contributed by atoms with Crippen molar-refractivity contribution in [1.82, 2.24) is 0 Å². The lowest BCUT2D eigenvalue weighted by Gasteiger charge is -2.10.